The summed E-state index contributed by atoms with van der Waals surface area (Å²) in [6.45, 7) is 0. The van der Waals surface area contributed by atoms with E-state index >= 15 is 0 Å². The molecule has 0 spiro atoms. The summed E-state index contributed by atoms with van der Waals surface area (Å²) in [7, 11) is 0.456. The predicted octanol–water partition coefficient (Wildman–Crippen LogP) is 2.09. The maximum Gasteiger partial charge on any atom is 0.574 e. The van der Waals surface area contributed by atoms with Gasteiger partial charge in [0, 0.05) is 10.7 Å². The van der Waals surface area contributed by atoms with Crippen molar-refractivity contribution in [2.75, 3.05) is 5.73 Å². The third-order valence-electron chi connectivity index (χ3n) is 1.40. The molecule has 11 heteroatoms. The summed E-state index contributed by atoms with van der Waals surface area (Å²) >= 11 is 1.55. The molecule has 0 aliphatic carbocycles. The first-order valence-corrected chi connectivity index (χ1v) is 7.06. The molecular weight excluding hydrogens is 399 g/mol. The highest BCUT2D eigenvalue weighted by atomic mass is 127. The van der Waals surface area contributed by atoms with Crippen molar-refractivity contribution in [1.82, 2.24) is 4.98 Å². The van der Waals surface area contributed by atoms with Crippen LogP contribution < -0.4 is 10.5 Å². The highest BCUT2D eigenvalue weighted by Gasteiger charge is 2.36. The molecule has 1 rings (SSSR count). The van der Waals surface area contributed by atoms with Gasteiger partial charge < -0.3 is 10.5 Å². The van der Waals surface area contributed by atoms with Gasteiger partial charge in [-0.15, -0.1) is 13.2 Å². The van der Waals surface area contributed by atoms with Crippen LogP contribution in [0.2, 0.25) is 0 Å². The Labute approximate surface area is 112 Å². The first-order chi connectivity index (χ1) is 7.50. The Morgan fingerprint density at radius 3 is 2.41 bits per heavy atom. The molecule has 0 radical (unpaired) electrons. The Morgan fingerprint density at radius 1 is 1.47 bits per heavy atom. The average Bonchev–Trinajstić information content (AvgIpc) is 1.94. The lowest BCUT2D eigenvalue weighted by Crippen LogP contribution is -2.20. The van der Waals surface area contributed by atoms with Crippen LogP contribution in [0.1, 0.15) is 0 Å². The standard InChI is InChI=1S/C6H3ClF3IN2O3S/c7-17(14,15)4-2(12)1-3(11)13-5(4)16-6(8,9)10/h1H,(H2,12,13). The average molecular weight is 403 g/mol. The SMILES string of the molecule is Nc1cc(I)nc(OC(F)(F)F)c1S(=O)(=O)Cl. The fourth-order valence-electron chi connectivity index (χ4n) is 0.921. The second-order valence-corrected chi connectivity index (χ2v) is 6.26. The van der Waals surface area contributed by atoms with Crippen LogP contribution in [0.3, 0.4) is 0 Å². The van der Waals surface area contributed by atoms with Gasteiger partial charge in [-0.05, 0) is 28.7 Å². The fraction of sp³-hybridized carbons (Fsp3) is 0.167. The van der Waals surface area contributed by atoms with E-state index < -0.39 is 31.9 Å². The number of nitrogens with zero attached hydrogens (tertiary/aromatic N) is 1. The number of aromatic nitrogens is 1. The van der Waals surface area contributed by atoms with Crippen molar-refractivity contribution in [3.8, 4) is 5.88 Å². The van der Waals surface area contributed by atoms with Crippen molar-refractivity contribution in [2.24, 2.45) is 0 Å². The molecule has 0 amide bonds. The Balaban J connectivity index is 3.47. The number of rotatable bonds is 2. The van der Waals surface area contributed by atoms with Crippen LogP contribution in [-0.4, -0.2) is 19.8 Å². The zero-order valence-corrected chi connectivity index (χ0v) is 11.4. The smallest absolute Gasteiger partial charge is 0.397 e. The van der Waals surface area contributed by atoms with Gasteiger partial charge in [-0.3, -0.25) is 0 Å². The Bertz CT molecular complexity index is 548. The lowest BCUT2D eigenvalue weighted by molar-refractivity contribution is -0.277. The van der Waals surface area contributed by atoms with E-state index in [0.29, 0.717) is 0 Å². The van der Waals surface area contributed by atoms with E-state index in [1.807, 2.05) is 0 Å². The summed E-state index contributed by atoms with van der Waals surface area (Å²) < 4.78 is 61.7. The monoisotopic (exact) mass is 402 g/mol. The first-order valence-electron chi connectivity index (χ1n) is 3.67. The van der Waals surface area contributed by atoms with Gasteiger partial charge in [0.1, 0.15) is 3.70 Å². The molecule has 0 saturated carbocycles. The molecule has 0 atom stereocenters. The summed E-state index contributed by atoms with van der Waals surface area (Å²) in [5.41, 5.74) is 4.80. The molecule has 2 N–H and O–H groups in total. The lowest BCUT2D eigenvalue weighted by atomic mass is 10.4. The van der Waals surface area contributed by atoms with Crippen molar-refractivity contribution in [1.29, 1.82) is 0 Å². The molecule has 1 heterocycles. The molecular formula is C6H3ClF3IN2O3S. The molecule has 5 nitrogen and oxygen atoms in total. The second-order valence-electron chi connectivity index (χ2n) is 2.65. The van der Waals surface area contributed by atoms with Crippen LogP contribution in [0.5, 0.6) is 5.88 Å². The van der Waals surface area contributed by atoms with E-state index in [0.717, 1.165) is 6.07 Å². The number of halogens is 5. The molecule has 0 saturated heterocycles. The van der Waals surface area contributed by atoms with Gasteiger partial charge >= 0.3 is 6.36 Å². The highest BCUT2D eigenvalue weighted by Crippen LogP contribution is 2.34. The van der Waals surface area contributed by atoms with Gasteiger partial charge in [-0.2, -0.15) is 0 Å². The van der Waals surface area contributed by atoms with E-state index in [1.54, 1.807) is 22.6 Å². The highest BCUT2D eigenvalue weighted by molar-refractivity contribution is 14.1. The topological polar surface area (TPSA) is 82.3 Å². The number of nitrogen functional groups attached to an aromatic ring is 1. The van der Waals surface area contributed by atoms with Crippen LogP contribution in [0.4, 0.5) is 18.9 Å². The quantitative estimate of drug-likeness (QED) is 0.465. The molecule has 17 heavy (non-hydrogen) atoms. The summed E-state index contributed by atoms with van der Waals surface area (Å²) in [5.74, 6) is -1.20. The van der Waals surface area contributed by atoms with Crippen molar-refractivity contribution in [3.05, 3.63) is 9.77 Å². The third-order valence-corrected chi connectivity index (χ3v) is 3.31. The lowest BCUT2D eigenvalue weighted by Gasteiger charge is -2.12. The van der Waals surface area contributed by atoms with Gasteiger partial charge in [0.25, 0.3) is 9.05 Å². The number of ether oxygens (including phenoxy) is 1. The normalized spacial score (nSPS) is 12.5. The minimum absolute atomic E-state index is 0.0309. The maximum absolute atomic E-state index is 12.0. The molecule has 0 aliphatic rings. The first kappa shape index (κ1) is 14.6. The van der Waals surface area contributed by atoms with Crippen LogP contribution >= 0.6 is 33.3 Å². The molecule has 0 aromatic carbocycles. The summed E-state index contributed by atoms with van der Waals surface area (Å²) in [6, 6.07) is 1.05. The van der Waals surface area contributed by atoms with Crippen molar-refractivity contribution in [2.45, 2.75) is 11.3 Å². The van der Waals surface area contributed by atoms with Crippen LogP contribution in [0.25, 0.3) is 0 Å². The third kappa shape index (κ3) is 4.03. The number of anilines is 1. The zero-order valence-electron chi connectivity index (χ0n) is 7.62. The van der Waals surface area contributed by atoms with Gasteiger partial charge in [-0.1, -0.05) is 0 Å². The van der Waals surface area contributed by atoms with Crippen molar-refractivity contribution < 1.29 is 26.3 Å². The Kier molecular flexibility index (Phi) is 3.98. The number of nitrogens with two attached hydrogens (primary N) is 1. The molecule has 96 valence electrons. The zero-order chi connectivity index (χ0) is 13.4. The van der Waals surface area contributed by atoms with Gasteiger partial charge in [-0.25, -0.2) is 13.4 Å². The second kappa shape index (κ2) is 4.65. The summed E-state index contributed by atoms with van der Waals surface area (Å²) in [4.78, 5) is 2.28. The van der Waals surface area contributed by atoms with Crippen LogP contribution in [0.15, 0.2) is 11.0 Å². The number of hydrogen-bond acceptors (Lipinski definition) is 5. The van der Waals surface area contributed by atoms with Crippen LogP contribution in [-0.2, 0) is 9.05 Å². The molecule has 1 aromatic rings. The minimum Gasteiger partial charge on any atom is -0.397 e. The Morgan fingerprint density at radius 2 is 2.00 bits per heavy atom. The van der Waals surface area contributed by atoms with E-state index in [2.05, 4.69) is 9.72 Å². The van der Waals surface area contributed by atoms with E-state index in [4.69, 9.17) is 16.4 Å². The van der Waals surface area contributed by atoms with Gasteiger partial charge in [0.15, 0.2) is 4.90 Å². The number of pyridine rings is 1. The summed E-state index contributed by atoms with van der Waals surface area (Å²) in [6.07, 6.45) is -5.10. The van der Waals surface area contributed by atoms with Crippen molar-refractivity contribution >= 4 is 48.0 Å². The Hall–Kier alpha value is -0.490. The van der Waals surface area contributed by atoms with E-state index in [1.165, 1.54) is 0 Å². The summed E-state index contributed by atoms with van der Waals surface area (Å²) in [5, 5.41) is 0. The molecule has 0 bridgehead atoms. The van der Waals surface area contributed by atoms with Gasteiger partial charge in [0.05, 0.1) is 5.69 Å². The largest absolute Gasteiger partial charge is 0.574 e. The van der Waals surface area contributed by atoms with Crippen molar-refractivity contribution in [3.63, 3.8) is 0 Å². The molecule has 1 aromatic heterocycles. The van der Waals surface area contributed by atoms with Crippen LogP contribution in [0, 0.1) is 3.70 Å². The van der Waals surface area contributed by atoms with Gasteiger partial charge in [0.2, 0.25) is 5.88 Å². The minimum atomic E-state index is -5.10. The molecule has 0 fully saturated rings. The predicted molar refractivity (Wildman–Crippen MR) is 61.1 cm³/mol. The van der Waals surface area contributed by atoms with E-state index in [-0.39, 0.29) is 3.70 Å². The van der Waals surface area contributed by atoms with E-state index in [9.17, 15) is 21.6 Å². The fourth-order valence-corrected chi connectivity index (χ4v) is 2.58. The molecule has 0 unspecified atom stereocenters. The molecule has 0 aliphatic heterocycles. The number of hydrogen-bond donors (Lipinski definition) is 1. The maximum atomic E-state index is 12.0. The number of alkyl halides is 3.